The van der Waals surface area contributed by atoms with Gasteiger partial charge in [-0.05, 0) is 24.0 Å². The standard InChI is InChI=1S/C18H20F7N3O2/c1-26-13-3-2-10(14(19)4-13)5-27-6-11-8-28(9-12(11)7-27)16(29)30-15(17(20,21)22)18(23,24)25/h2-4,11-12,15,26H,5-9H2,1H3. The molecule has 0 bridgehead atoms. The van der Waals surface area contributed by atoms with E-state index in [2.05, 4.69) is 10.1 Å². The summed E-state index contributed by atoms with van der Waals surface area (Å²) in [5.41, 5.74) is 1.10. The van der Waals surface area contributed by atoms with E-state index in [4.69, 9.17) is 0 Å². The van der Waals surface area contributed by atoms with E-state index in [-0.39, 0.29) is 30.7 Å². The molecule has 2 unspecified atom stereocenters. The fourth-order valence-electron chi connectivity index (χ4n) is 3.93. The average molecular weight is 443 g/mol. The number of ether oxygens (including phenoxy) is 1. The largest absolute Gasteiger partial charge is 0.434 e. The van der Waals surface area contributed by atoms with Crippen molar-refractivity contribution < 1.29 is 40.3 Å². The predicted octanol–water partition coefficient (Wildman–Crippen LogP) is 3.86. The van der Waals surface area contributed by atoms with Crippen molar-refractivity contribution in [1.29, 1.82) is 0 Å². The minimum absolute atomic E-state index is 0.0103. The molecule has 12 heteroatoms. The molecule has 0 aliphatic carbocycles. The molecule has 2 aliphatic heterocycles. The molecule has 2 heterocycles. The van der Waals surface area contributed by atoms with Crippen molar-refractivity contribution in [3.05, 3.63) is 29.6 Å². The number of halogens is 7. The van der Waals surface area contributed by atoms with Gasteiger partial charge < -0.3 is 15.0 Å². The zero-order valence-electron chi connectivity index (χ0n) is 15.9. The Morgan fingerprint density at radius 2 is 1.67 bits per heavy atom. The monoisotopic (exact) mass is 443 g/mol. The second-order valence-electron chi connectivity index (χ2n) is 7.52. The third-order valence-electron chi connectivity index (χ3n) is 5.37. The number of nitrogens with zero attached hydrogens (tertiary/aromatic N) is 2. The summed E-state index contributed by atoms with van der Waals surface area (Å²) in [6.07, 6.45) is -17.3. The van der Waals surface area contributed by atoms with Crippen LogP contribution in [0.5, 0.6) is 0 Å². The normalized spacial score (nSPS) is 22.5. The molecule has 0 radical (unpaired) electrons. The second-order valence-corrected chi connectivity index (χ2v) is 7.52. The quantitative estimate of drug-likeness (QED) is 0.718. The van der Waals surface area contributed by atoms with Gasteiger partial charge >= 0.3 is 18.4 Å². The summed E-state index contributed by atoms with van der Waals surface area (Å²) in [4.78, 5) is 14.7. The van der Waals surface area contributed by atoms with E-state index >= 15 is 0 Å². The Bertz CT molecular complexity index is 756. The smallest absolute Gasteiger partial charge is 0.426 e. The molecule has 1 N–H and O–H groups in total. The Balaban J connectivity index is 1.56. The lowest BCUT2D eigenvalue weighted by Gasteiger charge is -2.26. The van der Waals surface area contributed by atoms with Crippen molar-refractivity contribution in [1.82, 2.24) is 9.80 Å². The van der Waals surface area contributed by atoms with Crippen LogP contribution in [0.1, 0.15) is 5.56 Å². The summed E-state index contributed by atoms with van der Waals surface area (Å²) in [7, 11) is 1.67. The molecule has 5 nitrogen and oxygen atoms in total. The predicted molar refractivity (Wildman–Crippen MR) is 92.2 cm³/mol. The van der Waals surface area contributed by atoms with Crippen LogP contribution in [0.15, 0.2) is 18.2 Å². The average Bonchev–Trinajstić information content (AvgIpc) is 3.17. The lowest BCUT2D eigenvalue weighted by Crippen LogP contribution is -2.48. The zero-order chi connectivity index (χ0) is 22.3. The summed E-state index contributed by atoms with van der Waals surface area (Å²) >= 11 is 0. The number of likely N-dealkylation sites (tertiary alicyclic amines) is 2. The van der Waals surface area contributed by atoms with Gasteiger partial charge in [-0.15, -0.1) is 0 Å². The highest BCUT2D eigenvalue weighted by atomic mass is 19.4. The Hall–Kier alpha value is -2.24. The summed E-state index contributed by atoms with van der Waals surface area (Å²) in [5, 5.41) is 2.82. The number of alkyl halides is 6. The van der Waals surface area contributed by atoms with E-state index in [1.165, 1.54) is 6.07 Å². The van der Waals surface area contributed by atoms with Crippen LogP contribution in [0.2, 0.25) is 0 Å². The minimum atomic E-state index is -5.74. The summed E-state index contributed by atoms with van der Waals surface area (Å²) in [5.74, 6) is -0.644. The van der Waals surface area contributed by atoms with Gasteiger partial charge in [0.2, 0.25) is 0 Å². The van der Waals surface area contributed by atoms with Gasteiger partial charge in [-0.3, -0.25) is 4.90 Å². The van der Waals surface area contributed by atoms with Gasteiger partial charge in [0.15, 0.2) is 0 Å². The third kappa shape index (κ3) is 4.90. The first-order valence-electron chi connectivity index (χ1n) is 9.16. The van der Waals surface area contributed by atoms with Gasteiger partial charge in [-0.2, -0.15) is 26.3 Å². The first kappa shape index (κ1) is 22.4. The van der Waals surface area contributed by atoms with Crippen LogP contribution >= 0.6 is 0 Å². The summed E-state index contributed by atoms with van der Waals surface area (Å²) in [6.45, 7) is 1.19. The summed E-state index contributed by atoms with van der Waals surface area (Å²) in [6, 6.07) is 4.74. The van der Waals surface area contributed by atoms with Crippen LogP contribution in [-0.4, -0.2) is 67.6 Å². The number of amides is 1. The van der Waals surface area contributed by atoms with Gasteiger partial charge in [0.1, 0.15) is 5.82 Å². The number of carbonyl (C=O) groups is 1. The fraction of sp³-hybridized carbons (Fsp3) is 0.611. The number of hydrogen-bond acceptors (Lipinski definition) is 4. The van der Waals surface area contributed by atoms with Crippen LogP contribution in [0.3, 0.4) is 0 Å². The molecule has 3 rings (SSSR count). The number of hydrogen-bond donors (Lipinski definition) is 1. The number of fused-ring (bicyclic) bond motifs is 1. The number of nitrogens with one attached hydrogen (secondary N) is 1. The number of rotatable bonds is 4. The molecule has 168 valence electrons. The van der Waals surface area contributed by atoms with E-state index in [0.717, 1.165) is 4.90 Å². The second kappa shape index (κ2) is 8.12. The Morgan fingerprint density at radius 1 is 1.10 bits per heavy atom. The lowest BCUT2D eigenvalue weighted by atomic mass is 10.0. The number of benzene rings is 1. The molecular weight excluding hydrogens is 423 g/mol. The first-order chi connectivity index (χ1) is 13.9. The maximum absolute atomic E-state index is 14.1. The zero-order valence-corrected chi connectivity index (χ0v) is 15.9. The van der Waals surface area contributed by atoms with Crippen LogP contribution < -0.4 is 5.32 Å². The van der Waals surface area contributed by atoms with E-state index in [1.54, 1.807) is 19.2 Å². The van der Waals surface area contributed by atoms with E-state index in [0.29, 0.717) is 30.9 Å². The van der Waals surface area contributed by atoms with E-state index in [9.17, 15) is 35.5 Å². The van der Waals surface area contributed by atoms with E-state index in [1.807, 2.05) is 4.90 Å². The molecule has 2 aliphatic rings. The highest BCUT2D eigenvalue weighted by molar-refractivity contribution is 5.68. The van der Waals surface area contributed by atoms with Crippen molar-refractivity contribution in [3.63, 3.8) is 0 Å². The topological polar surface area (TPSA) is 44.8 Å². The van der Waals surface area contributed by atoms with Crippen LogP contribution in [0.25, 0.3) is 0 Å². The third-order valence-corrected chi connectivity index (χ3v) is 5.37. The summed E-state index contributed by atoms with van der Waals surface area (Å²) < 4.78 is 93.4. The molecule has 2 saturated heterocycles. The van der Waals surface area contributed by atoms with Gasteiger partial charge in [0.05, 0.1) is 0 Å². The van der Waals surface area contributed by atoms with Gasteiger partial charge in [-0.1, -0.05) is 6.07 Å². The maximum Gasteiger partial charge on any atom is 0.434 e. The molecule has 1 aromatic carbocycles. The van der Waals surface area contributed by atoms with Crippen molar-refractivity contribution in [3.8, 4) is 0 Å². The van der Waals surface area contributed by atoms with Crippen molar-refractivity contribution in [2.24, 2.45) is 11.8 Å². The molecule has 0 aromatic heterocycles. The first-order valence-corrected chi connectivity index (χ1v) is 9.16. The molecular formula is C18H20F7N3O2. The Morgan fingerprint density at radius 3 is 2.13 bits per heavy atom. The molecule has 0 saturated carbocycles. The molecule has 1 aromatic rings. The number of carbonyl (C=O) groups excluding carboxylic acids is 1. The Kier molecular flexibility index (Phi) is 6.08. The Labute approximate surface area is 167 Å². The van der Waals surface area contributed by atoms with Crippen LogP contribution in [0.4, 0.5) is 41.2 Å². The highest BCUT2D eigenvalue weighted by Crippen LogP contribution is 2.37. The molecule has 1 amide bonds. The van der Waals surface area contributed by atoms with Crippen LogP contribution in [0, 0.1) is 17.7 Å². The van der Waals surface area contributed by atoms with Gasteiger partial charge in [0.25, 0.3) is 6.10 Å². The molecule has 2 atom stereocenters. The van der Waals surface area contributed by atoms with Gasteiger partial charge in [-0.25, -0.2) is 9.18 Å². The SMILES string of the molecule is CNc1ccc(CN2CC3CN(C(=O)OC(C(F)(F)F)C(F)(F)F)CC3C2)c(F)c1. The van der Waals surface area contributed by atoms with Crippen molar-refractivity contribution >= 4 is 11.8 Å². The minimum Gasteiger partial charge on any atom is -0.426 e. The van der Waals surface area contributed by atoms with E-state index < -0.39 is 24.5 Å². The lowest BCUT2D eigenvalue weighted by molar-refractivity contribution is -0.308. The molecule has 30 heavy (non-hydrogen) atoms. The number of anilines is 1. The van der Waals surface area contributed by atoms with Crippen LogP contribution in [-0.2, 0) is 11.3 Å². The highest BCUT2D eigenvalue weighted by Gasteiger charge is 2.60. The fourth-order valence-corrected chi connectivity index (χ4v) is 3.93. The molecule has 0 spiro atoms. The van der Waals surface area contributed by atoms with Gasteiger partial charge in [0, 0.05) is 51.0 Å². The van der Waals surface area contributed by atoms with Crippen molar-refractivity contribution in [2.45, 2.75) is 25.0 Å². The molecule has 2 fully saturated rings. The maximum atomic E-state index is 14.1. The van der Waals surface area contributed by atoms with Crippen molar-refractivity contribution in [2.75, 3.05) is 38.5 Å².